The molecular weight excluding hydrogens is 278 g/mol. The molecule has 0 radical (unpaired) electrons. The van der Waals surface area contributed by atoms with Crippen molar-refractivity contribution in [2.24, 2.45) is 5.41 Å². The van der Waals surface area contributed by atoms with E-state index in [1.165, 1.54) is 5.57 Å². The van der Waals surface area contributed by atoms with Crippen LogP contribution in [0.25, 0.3) is 11.3 Å². The van der Waals surface area contributed by atoms with Gasteiger partial charge in [-0.3, -0.25) is 0 Å². The van der Waals surface area contributed by atoms with Crippen LogP contribution in [0.15, 0.2) is 47.4 Å². The Morgan fingerprint density at radius 2 is 2.05 bits per heavy atom. The van der Waals surface area contributed by atoms with Crippen LogP contribution in [0, 0.1) is 5.41 Å². The Morgan fingerprint density at radius 1 is 1.29 bits per heavy atom. The summed E-state index contributed by atoms with van der Waals surface area (Å²) < 4.78 is 0. The SMILES string of the molecule is CC1(C)CC(Cc2nc(-c3ccccc3)cs2)=CC(O)C1. The first-order chi connectivity index (χ1) is 10.0. The third-order valence-electron chi connectivity index (χ3n) is 3.90. The van der Waals surface area contributed by atoms with Crippen LogP contribution in [0.2, 0.25) is 0 Å². The molecule has 1 aromatic carbocycles. The Hall–Kier alpha value is -1.45. The number of rotatable bonds is 3. The number of nitrogens with zero attached hydrogens (tertiary/aromatic N) is 1. The number of benzene rings is 1. The first kappa shape index (κ1) is 14.5. The molecule has 3 heteroatoms. The lowest BCUT2D eigenvalue weighted by Crippen LogP contribution is -2.25. The molecule has 1 heterocycles. The Kier molecular flexibility index (Phi) is 3.96. The lowest BCUT2D eigenvalue weighted by Gasteiger charge is -2.32. The van der Waals surface area contributed by atoms with Crippen LogP contribution in [-0.2, 0) is 6.42 Å². The van der Waals surface area contributed by atoms with Gasteiger partial charge < -0.3 is 5.11 Å². The topological polar surface area (TPSA) is 33.1 Å². The minimum atomic E-state index is -0.308. The van der Waals surface area contributed by atoms with Gasteiger partial charge in [-0.15, -0.1) is 11.3 Å². The quantitative estimate of drug-likeness (QED) is 0.849. The molecular formula is C18H21NOS. The molecule has 1 unspecified atom stereocenters. The Morgan fingerprint density at radius 3 is 2.76 bits per heavy atom. The minimum Gasteiger partial charge on any atom is -0.389 e. The second-order valence-corrected chi connectivity index (χ2v) is 7.55. The van der Waals surface area contributed by atoms with Gasteiger partial charge in [0.05, 0.1) is 16.8 Å². The molecule has 2 aromatic rings. The van der Waals surface area contributed by atoms with Crippen LogP contribution in [0.3, 0.4) is 0 Å². The van der Waals surface area contributed by atoms with E-state index < -0.39 is 0 Å². The summed E-state index contributed by atoms with van der Waals surface area (Å²) in [6, 6.07) is 10.3. The van der Waals surface area contributed by atoms with Gasteiger partial charge in [-0.25, -0.2) is 4.98 Å². The highest BCUT2D eigenvalue weighted by Crippen LogP contribution is 2.37. The molecule has 2 nitrogen and oxygen atoms in total. The van der Waals surface area contributed by atoms with Crippen molar-refractivity contribution in [1.29, 1.82) is 0 Å². The van der Waals surface area contributed by atoms with E-state index in [4.69, 9.17) is 4.98 Å². The van der Waals surface area contributed by atoms with Crippen molar-refractivity contribution < 1.29 is 5.11 Å². The molecule has 0 bridgehead atoms. The molecule has 0 saturated carbocycles. The fraction of sp³-hybridized carbons (Fsp3) is 0.389. The molecule has 110 valence electrons. The number of thiazole rings is 1. The number of aromatic nitrogens is 1. The average molecular weight is 299 g/mol. The van der Waals surface area contributed by atoms with E-state index >= 15 is 0 Å². The number of aliphatic hydroxyl groups excluding tert-OH is 1. The van der Waals surface area contributed by atoms with Gasteiger partial charge in [0.15, 0.2) is 0 Å². The lowest BCUT2D eigenvalue weighted by molar-refractivity contribution is 0.138. The summed E-state index contributed by atoms with van der Waals surface area (Å²) in [5.41, 5.74) is 3.71. The van der Waals surface area contributed by atoms with Gasteiger partial charge in [0.2, 0.25) is 0 Å². The van der Waals surface area contributed by atoms with Crippen molar-refractivity contribution in [3.8, 4) is 11.3 Å². The van der Waals surface area contributed by atoms with E-state index in [1.54, 1.807) is 11.3 Å². The van der Waals surface area contributed by atoms with Gasteiger partial charge >= 0.3 is 0 Å². The Labute approximate surface area is 130 Å². The van der Waals surface area contributed by atoms with Gasteiger partial charge in [-0.2, -0.15) is 0 Å². The third kappa shape index (κ3) is 3.60. The summed E-state index contributed by atoms with van der Waals surface area (Å²) in [6.45, 7) is 4.45. The highest BCUT2D eigenvalue weighted by atomic mass is 32.1. The summed E-state index contributed by atoms with van der Waals surface area (Å²) in [5.74, 6) is 0. The molecule has 1 aromatic heterocycles. The molecule has 21 heavy (non-hydrogen) atoms. The second kappa shape index (κ2) is 5.74. The third-order valence-corrected chi connectivity index (χ3v) is 4.74. The van der Waals surface area contributed by atoms with E-state index in [-0.39, 0.29) is 11.5 Å². The van der Waals surface area contributed by atoms with Gasteiger partial charge in [0, 0.05) is 17.4 Å². The number of aliphatic hydroxyl groups is 1. The zero-order chi connectivity index (χ0) is 14.9. The summed E-state index contributed by atoms with van der Waals surface area (Å²) in [4.78, 5) is 4.74. The van der Waals surface area contributed by atoms with Crippen LogP contribution < -0.4 is 0 Å². The number of hydrogen-bond acceptors (Lipinski definition) is 3. The van der Waals surface area contributed by atoms with Crippen molar-refractivity contribution in [3.05, 3.63) is 52.4 Å². The summed E-state index contributed by atoms with van der Waals surface area (Å²) in [7, 11) is 0. The smallest absolute Gasteiger partial charge is 0.0973 e. The first-order valence-electron chi connectivity index (χ1n) is 7.39. The van der Waals surface area contributed by atoms with E-state index in [0.29, 0.717) is 0 Å². The largest absolute Gasteiger partial charge is 0.389 e. The molecule has 0 fully saturated rings. The van der Waals surface area contributed by atoms with Gasteiger partial charge in [-0.05, 0) is 18.3 Å². The van der Waals surface area contributed by atoms with Gasteiger partial charge in [-0.1, -0.05) is 55.8 Å². The predicted molar refractivity (Wildman–Crippen MR) is 88.4 cm³/mol. The molecule has 1 aliphatic rings. The van der Waals surface area contributed by atoms with E-state index in [2.05, 4.69) is 31.4 Å². The van der Waals surface area contributed by atoms with Crippen molar-refractivity contribution in [3.63, 3.8) is 0 Å². The van der Waals surface area contributed by atoms with Crippen molar-refractivity contribution in [1.82, 2.24) is 4.98 Å². The predicted octanol–water partition coefficient (Wildman–Crippen LogP) is 4.46. The highest BCUT2D eigenvalue weighted by Gasteiger charge is 2.27. The lowest BCUT2D eigenvalue weighted by atomic mass is 9.75. The maximum Gasteiger partial charge on any atom is 0.0973 e. The van der Waals surface area contributed by atoms with E-state index in [1.807, 2.05) is 24.3 Å². The molecule has 1 atom stereocenters. The maximum absolute atomic E-state index is 9.98. The molecule has 3 rings (SSSR count). The zero-order valence-corrected chi connectivity index (χ0v) is 13.4. The summed E-state index contributed by atoms with van der Waals surface area (Å²) in [6.07, 6.45) is 4.47. The molecule has 0 saturated heterocycles. The van der Waals surface area contributed by atoms with E-state index in [0.717, 1.165) is 35.5 Å². The molecule has 1 N–H and O–H groups in total. The van der Waals surface area contributed by atoms with Gasteiger partial charge in [0.1, 0.15) is 0 Å². The average Bonchev–Trinajstić information content (AvgIpc) is 2.86. The van der Waals surface area contributed by atoms with Crippen molar-refractivity contribution in [2.45, 2.75) is 39.2 Å². The minimum absolute atomic E-state index is 0.184. The first-order valence-corrected chi connectivity index (χ1v) is 8.27. The standard InChI is InChI=1S/C18H21NOS/c1-18(2)10-13(8-15(20)11-18)9-17-19-16(12-21-17)14-6-4-3-5-7-14/h3-8,12,15,20H,9-11H2,1-2H3. The maximum atomic E-state index is 9.98. The Bertz CT molecular complexity index is 642. The van der Waals surface area contributed by atoms with Crippen LogP contribution in [0.5, 0.6) is 0 Å². The second-order valence-electron chi connectivity index (χ2n) is 6.61. The van der Waals surface area contributed by atoms with Crippen LogP contribution in [0.1, 0.15) is 31.7 Å². The number of allylic oxidation sites excluding steroid dienone is 1. The normalized spacial score (nSPS) is 21.1. The fourth-order valence-electron chi connectivity index (χ4n) is 3.09. The molecule has 0 amide bonds. The molecule has 0 aliphatic heterocycles. The molecule has 1 aliphatic carbocycles. The summed E-state index contributed by atoms with van der Waals surface area (Å²) >= 11 is 1.71. The monoisotopic (exact) mass is 299 g/mol. The highest BCUT2D eigenvalue weighted by molar-refractivity contribution is 7.10. The van der Waals surface area contributed by atoms with Gasteiger partial charge in [0.25, 0.3) is 0 Å². The van der Waals surface area contributed by atoms with Crippen LogP contribution >= 0.6 is 11.3 Å². The van der Waals surface area contributed by atoms with Crippen LogP contribution in [-0.4, -0.2) is 16.2 Å². The molecule has 0 spiro atoms. The fourth-order valence-corrected chi connectivity index (χ4v) is 3.95. The Balaban J connectivity index is 1.76. The van der Waals surface area contributed by atoms with Crippen molar-refractivity contribution in [2.75, 3.05) is 0 Å². The zero-order valence-electron chi connectivity index (χ0n) is 12.5. The van der Waals surface area contributed by atoms with Crippen molar-refractivity contribution >= 4 is 11.3 Å². The van der Waals surface area contributed by atoms with Crippen LogP contribution in [0.4, 0.5) is 0 Å². The van der Waals surface area contributed by atoms with E-state index in [9.17, 15) is 5.11 Å². The summed E-state index contributed by atoms with van der Waals surface area (Å²) in [5, 5.41) is 13.2. The number of hydrogen-bond donors (Lipinski definition) is 1.